The Kier molecular flexibility index (Phi) is 17.8. The van der Waals surface area contributed by atoms with Crippen LogP contribution in [0.2, 0.25) is 0 Å². The fourth-order valence-electron chi connectivity index (χ4n) is 6.21. The van der Waals surface area contributed by atoms with Gasteiger partial charge in [0.05, 0.1) is 71.5 Å². The summed E-state index contributed by atoms with van der Waals surface area (Å²) in [7, 11) is -6.57. The summed E-state index contributed by atoms with van der Waals surface area (Å²) in [6.45, 7) is 0. The maximum Gasteiger partial charge on any atom is 1.00 e. The van der Waals surface area contributed by atoms with Crippen molar-refractivity contribution >= 4 is 80.0 Å². The Bertz CT molecular complexity index is 2190. The summed E-state index contributed by atoms with van der Waals surface area (Å²) >= 11 is 0. The van der Waals surface area contributed by atoms with E-state index in [-0.39, 0.29) is 17.1 Å². The fraction of sp³-hybridized carbons (Fsp3) is 0.116. The first-order valence-corrected chi connectivity index (χ1v) is 22.6. The molecule has 0 aliphatic carbocycles. The predicted molar refractivity (Wildman–Crippen MR) is 229 cm³/mol. The SMILES string of the molecule is CO.O=S(=O)([O-])C(F)(F)F.[Cu+].c1ccc([PH+](CCC[PH+](c2ccccc2)c2ccccc2)c2ccccc2)cc1.c1cnc2c(c1)c1nccnc1c1cccnc12. The average molecular weight is 891 g/mol. The fourth-order valence-corrected chi connectivity index (χ4v) is 11.8. The van der Waals surface area contributed by atoms with Crippen LogP contribution < -0.4 is 21.2 Å². The van der Waals surface area contributed by atoms with Crippen LogP contribution in [-0.2, 0) is 27.2 Å². The van der Waals surface area contributed by atoms with E-state index in [4.69, 9.17) is 18.1 Å². The van der Waals surface area contributed by atoms with Gasteiger partial charge in [0.15, 0.2) is 10.1 Å². The molecule has 5 aromatic carbocycles. The van der Waals surface area contributed by atoms with Crippen LogP contribution in [0.4, 0.5) is 13.2 Å². The largest absolute Gasteiger partial charge is 1.00 e. The number of hydrogen-bond donors (Lipinski definition) is 1. The first-order chi connectivity index (χ1) is 27.6. The van der Waals surface area contributed by atoms with Crippen molar-refractivity contribution in [3.63, 3.8) is 0 Å². The van der Waals surface area contributed by atoms with Crippen molar-refractivity contribution in [2.45, 2.75) is 11.9 Å². The quantitative estimate of drug-likeness (QED) is 0.0547. The third-order valence-electron chi connectivity index (χ3n) is 8.67. The van der Waals surface area contributed by atoms with Gasteiger partial charge in [-0.05, 0) is 72.8 Å². The van der Waals surface area contributed by atoms with Crippen LogP contribution in [0.1, 0.15) is 6.42 Å². The second-order valence-corrected chi connectivity index (χ2v) is 18.8. The summed E-state index contributed by atoms with van der Waals surface area (Å²) in [6, 6.07) is 52.4. The van der Waals surface area contributed by atoms with Crippen molar-refractivity contribution in [1.29, 1.82) is 0 Å². The summed E-state index contributed by atoms with van der Waals surface area (Å²) in [6.07, 6.45) is 10.8. The second-order valence-electron chi connectivity index (χ2n) is 12.2. The number of nitrogens with zero attached hydrogens (tertiary/aromatic N) is 4. The van der Waals surface area contributed by atoms with E-state index < -0.39 is 31.5 Å². The number of hydrogen-bond acceptors (Lipinski definition) is 8. The summed E-state index contributed by atoms with van der Waals surface area (Å²) in [5.74, 6) is 0. The van der Waals surface area contributed by atoms with Crippen molar-refractivity contribution in [2.24, 2.45) is 0 Å². The summed E-state index contributed by atoms with van der Waals surface area (Å²) < 4.78 is 58.9. The van der Waals surface area contributed by atoms with E-state index in [0.717, 1.165) is 39.9 Å². The van der Waals surface area contributed by atoms with Crippen LogP contribution in [0, 0.1) is 0 Å². The number of halogens is 3. The maximum atomic E-state index is 10.7. The monoisotopic (exact) mass is 890 g/mol. The molecular formula is C43H40CuF3N4O4P2S+2. The molecule has 0 saturated heterocycles. The van der Waals surface area contributed by atoms with Gasteiger partial charge >= 0.3 is 22.6 Å². The number of aliphatic hydroxyl groups is 1. The van der Waals surface area contributed by atoms with Gasteiger partial charge in [-0.1, -0.05) is 72.8 Å². The Morgan fingerprint density at radius 3 is 1.02 bits per heavy atom. The molecule has 1 N–H and O–H groups in total. The van der Waals surface area contributed by atoms with E-state index in [1.807, 2.05) is 24.3 Å². The standard InChI is InChI=1S/C27H26P2.C14H8N4.CHF3O3S.CH4O.Cu/c1-5-14-24(15-6-1)28(25-16-7-2-8-17-25)22-13-23-29(26-18-9-3-10-19-26)27-20-11-4-12-21-27;1-3-9-11(15-5-1)12-10(4-2-6-16-12)14-13(9)17-7-8-18-14;2-1(3,4)8(5,6)7;1-2;/h1-12,14-21H,13,22-23H2;1-8H;(H,5,6,7);2H,1H3;/q;;;;+1/p+1. The molecule has 58 heavy (non-hydrogen) atoms. The van der Waals surface area contributed by atoms with E-state index in [9.17, 15) is 13.2 Å². The average Bonchev–Trinajstić information content (AvgIpc) is 3.26. The van der Waals surface area contributed by atoms with E-state index in [2.05, 4.69) is 141 Å². The zero-order chi connectivity index (χ0) is 40.7. The molecular weight excluding hydrogens is 851 g/mol. The Balaban J connectivity index is 0.000000218. The Hall–Kier alpha value is -4.70. The molecule has 0 aliphatic heterocycles. The topological polar surface area (TPSA) is 129 Å². The zero-order valence-electron chi connectivity index (χ0n) is 31.1. The van der Waals surface area contributed by atoms with E-state index >= 15 is 0 Å². The van der Waals surface area contributed by atoms with E-state index in [0.29, 0.717) is 0 Å². The smallest absolute Gasteiger partial charge is 0.741 e. The van der Waals surface area contributed by atoms with Crippen LogP contribution in [0.3, 0.4) is 0 Å². The number of rotatable bonds is 8. The number of fused-ring (bicyclic) bond motifs is 6. The number of aromatic nitrogens is 4. The second kappa shape index (κ2) is 22.4. The Morgan fingerprint density at radius 2 is 0.759 bits per heavy atom. The van der Waals surface area contributed by atoms with Gasteiger partial charge in [0.1, 0.15) is 0 Å². The first kappa shape index (κ1) is 46.0. The minimum atomic E-state index is -6.09. The number of alkyl halides is 3. The van der Waals surface area contributed by atoms with Crippen molar-refractivity contribution in [3.8, 4) is 0 Å². The van der Waals surface area contributed by atoms with Gasteiger partial charge < -0.3 is 9.66 Å². The molecule has 0 spiro atoms. The molecule has 302 valence electrons. The third-order valence-corrected chi connectivity index (χ3v) is 15.1. The number of aliphatic hydroxyl groups excluding tert-OH is 1. The van der Waals surface area contributed by atoms with Gasteiger partial charge in [0.2, 0.25) is 0 Å². The van der Waals surface area contributed by atoms with Crippen LogP contribution >= 0.6 is 15.8 Å². The van der Waals surface area contributed by atoms with Crippen molar-refractivity contribution in [3.05, 3.63) is 170 Å². The molecule has 8 nitrogen and oxygen atoms in total. The van der Waals surface area contributed by atoms with Gasteiger partial charge in [0, 0.05) is 49.1 Å². The van der Waals surface area contributed by atoms with Gasteiger partial charge in [-0.15, -0.1) is 0 Å². The minimum absolute atomic E-state index is 0. The first-order valence-electron chi connectivity index (χ1n) is 17.7. The van der Waals surface area contributed by atoms with Crippen LogP contribution in [0.5, 0.6) is 0 Å². The molecule has 0 aliphatic rings. The molecule has 3 heterocycles. The molecule has 0 amide bonds. The molecule has 3 aromatic heterocycles. The van der Waals surface area contributed by atoms with Crippen molar-refractivity contribution in [2.75, 3.05) is 19.4 Å². The van der Waals surface area contributed by atoms with Crippen molar-refractivity contribution < 1.29 is 48.3 Å². The van der Waals surface area contributed by atoms with Crippen LogP contribution in [-0.4, -0.2) is 63.0 Å². The van der Waals surface area contributed by atoms with Gasteiger partial charge in [-0.25, -0.2) is 8.42 Å². The zero-order valence-corrected chi connectivity index (χ0v) is 34.8. The van der Waals surface area contributed by atoms with Gasteiger partial charge in [-0.2, -0.15) is 13.2 Å². The summed E-state index contributed by atoms with van der Waals surface area (Å²) in [4.78, 5) is 17.7. The summed E-state index contributed by atoms with van der Waals surface area (Å²) in [5.41, 5.74) is -2.14. The molecule has 8 rings (SSSR count). The van der Waals surface area contributed by atoms with E-state index in [1.165, 1.54) is 40.0 Å². The maximum absolute atomic E-state index is 10.7. The predicted octanol–water partition coefficient (Wildman–Crippen LogP) is 7.49. The minimum Gasteiger partial charge on any atom is -0.741 e. The Morgan fingerprint density at radius 1 is 0.500 bits per heavy atom. The number of benzene rings is 5. The summed E-state index contributed by atoms with van der Waals surface area (Å²) in [5, 5.41) is 15.1. The molecule has 8 aromatic rings. The number of pyridine rings is 2. The van der Waals surface area contributed by atoms with E-state index in [1.54, 1.807) is 24.8 Å². The third kappa shape index (κ3) is 12.2. The Labute approximate surface area is 348 Å². The van der Waals surface area contributed by atoms with Crippen molar-refractivity contribution in [1.82, 2.24) is 19.9 Å². The van der Waals surface area contributed by atoms with Gasteiger partial charge in [-0.3, -0.25) is 19.9 Å². The molecule has 0 radical (unpaired) electrons. The molecule has 0 unspecified atom stereocenters. The normalized spacial score (nSPS) is 11.1. The molecule has 0 bridgehead atoms. The van der Waals surface area contributed by atoms with Crippen LogP contribution in [0.15, 0.2) is 170 Å². The van der Waals surface area contributed by atoms with Gasteiger partial charge in [0.25, 0.3) is 0 Å². The molecule has 0 saturated carbocycles. The van der Waals surface area contributed by atoms with Crippen LogP contribution in [0.25, 0.3) is 32.8 Å². The molecule has 15 heteroatoms. The molecule has 0 fully saturated rings. The molecule has 0 atom stereocenters.